The molecular formula is C21H25FN4O3. The lowest BCUT2D eigenvalue weighted by Crippen LogP contribution is -2.41. The average Bonchev–Trinajstić information content (AvgIpc) is 3.32. The molecule has 0 unspecified atom stereocenters. The average molecular weight is 400 g/mol. The third kappa shape index (κ3) is 4.93. The number of halogens is 1. The van der Waals surface area contributed by atoms with Crippen LogP contribution in [0.1, 0.15) is 31.2 Å². The van der Waals surface area contributed by atoms with Crippen molar-refractivity contribution in [3.05, 3.63) is 35.5 Å². The smallest absolute Gasteiger partial charge is 0.237 e. The Hall–Kier alpha value is -2.92. The number of aromatic nitrogens is 1. The fourth-order valence-electron chi connectivity index (χ4n) is 3.43. The number of carbonyl (C=O) groups excluding carboxylic acids is 1. The Kier molecular flexibility index (Phi) is 6.83. The van der Waals surface area contributed by atoms with E-state index < -0.39 is 0 Å². The number of carbonyl (C=O) groups is 1. The Balaban J connectivity index is 1.58. The number of rotatable bonds is 8. The summed E-state index contributed by atoms with van der Waals surface area (Å²) in [6.07, 6.45) is 2.20. The Morgan fingerprint density at radius 2 is 2.34 bits per heavy atom. The maximum atomic E-state index is 13.5. The SMILES string of the molecule is CCOc1cc(F)ccc1-c1nc(CCNCC(=O)N2CCC[C@H]2C#N)c(C)o1. The molecule has 1 aliphatic rings. The Labute approximate surface area is 169 Å². The highest BCUT2D eigenvalue weighted by Crippen LogP contribution is 2.31. The zero-order valence-corrected chi connectivity index (χ0v) is 16.7. The second-order valence-electron chi connectivity index (χ2n) is 6.90. The lowest BCUT2D eigenvalue weighted by molar-refractivity contribution is -0.130. The molecule has 1 amide bonds. The molecule has 1 aliphatic heterocycles. The van der Waals surface area contributed by atoms with Crippen molar-refractivity contribution in [2.24, 2.45) is 0 Å². The molecule has 1 fully saturated rings. The van der Waals surface area contributed by atoms with Crippen LogP contribution in [0.5, 0.6) is 5.75 Å². The highest BCUT2D eigenvalue weighted by Gasteiger charge is 2.27. The van der Waals surface area contributed by atoms with Crippen LogP contribution >= 0.6 is 0 Å². The number of nitrogens with zero attached hydrogens (tertiary/aromatic N) is 3. The third-order valence-electron chi connectivity index (χ3n) is 4.90. The fraction of sp³-hybridized carbons (Fsp3) is 0.476. The van der Waals surface area contributed by atoms with Crippen LogP contribution in [0.3, 0.4) is 0 Å². The van der Waals surface area contributed by atoms with Gasteiger partial charge in [-0.05, 0) is 38.8 Å². The quantitative estimate of drug-likeness (QED) is 0.685. The van der Waals surface area contributed by atoms with Crippen molar-refractivity contribution in [1.82, 2.24) is 15.2 Å². The molecule has 2 aromatic rings. The van der Waals surface area contributed by atoms with E-state index in [0.29, 0.717) is 49.1 Å². The second-order valence-corrected chi connectivity index (χ2v) is 6.90. The lowest BCUT2D eigenvalue weighted by atomic mass is 10.2. The molecule has 1 N–H and O–H groups in total. The molecule has 0 radical (unpaired) electrons. The predicted octanol–water partition coefficient (Wildman–Crippen LogP) is 2.83. The zero-order chi connectivity index (χ0) is 20.8. The van der Waals surface area contributed by atoms with Crippen LogP contribution in [0.2, 0.25) is 0 Å². The molecule has 7 nitrogen and oxygen atoms in total. The van der Waals surface area contributed by atoms with Crippen molar-refractivity contribution in [1.29, 1.82) is 5.26 Å². The van der Waals surface area contributed by atoms with Crippen LogP contribution in [0.15, 0.2) is 22.6 Å². The highest BCUT2D eigenvalue weighted by atomic mass is 19.1. The predicted molar refractivity (Wildman–Crippen MR) is 105 cm³/mol. The van der Waals surface area contributed by atoms with Crippen molar-refractivity contribution in [2.75, 3.05) is 26.2 Å². The van der Waals surface area contributed by atoms with Crippen LogP contribution in [0.25, 0.3) is 11.5 Å². The number of benzene rings is 1. The van der Waals surface area contributed by atoms with Gasteiger partial charge in [-0.1, -0.05) is 0 Å². The molecule has 1 aromatic heterocycles. The Morgan fingerprint density at radius 3 is 3.10 bits per heavy atom. The van der Waals surface area contributed by atoms with Crippen molar-refractivity contribution in [3.8, 4) is 23.3 Å². The van der Waals surface area contributed by atoms with Gasteiger partial charge in [0.05, 0.1) is 30.5 Å². The van der Waals surface area contributed by atoms with Gasteiger partial charge >= 0.3 is 0 Å². The van der Waals surface area contributed by atoms with Gasteiger partial charge in [-0.3, -0.25) is 4.79 Å². The minimum absolute atomic E-state index is 0.0562. The van der Waals surface area contributed by atoms with E-state index in [1.807, 2.05) is 13.8 Å². The molecule has 154 valence electrons. The summed E-state index contributed by atoms with van der Waals surface area (Å²) >= 11 is 0. The van der Waals surface area contributed by atoms with Crippen molar-refractivity contribution >= 4 is 5.91 Å². The number of amides is 1. The topological polar surface area (TPSA) is 91.4 Å². The molecule has 1 atom stereocenters. The molecule has 0 bridgehead atoms. The van der Waals surface area contributed by atoms with Gasteiger partial charge in [-0.2, -0.15) is 5.26 Å². The summed E-state index contributed by atoms with van der Waals surface area (Å²) in [5.41, 5.74) is 1.37. The first-order chi connectivity index (χ1) is 14.0. The number of nitriles is 1. The largest absolute Gasteiger partial charge is 0.493 e. The van der Waals surface area contributed by atoms with E-state index in [0.717, 1.165) is 18.5 Å². The van der Waals surface area contributed by atoms with E-state index in [-0.39, 0.29) is 24.3 Å². The minimum atomic E-state index is -0.383. The number of likely N-dealkylation sites (tertiary alicyclic amines) is 1. The van der Waals surface area contributed by atoms with E-state index in [1.165, 1.54) is 12.1 Å². The van der Waals surface area contributed by atoms with Gasteiger partial charge in [0, 0.05) is 25.6 Å². The fourth-order valence-corrected chi connectivity index (χ4v) is 3.43. The van der Waals surface area contributed by atoms with Crippen LogP contribution < -0.4 is 10.1 Å². The van der Waals surface area contributed by atoms with Gasteiger partial charge in [0.25, 0.3) is 0 Å². The summed E-state index contributed by atoms with van der Waals surface area (Å²) in [6, 6.07) is 6.12. The number of hydrogen-bond acceptors (Lipinski definition) is 6. The first-order valence-electron chi connectivity index (χ1n) is 9.82. The van der Waals surface area contributed by atoms with Gasteiger partial charge in [-0.25, -0.2) is 9.37 Å². The molecule has 0 spiro atoms. The summed E-state index contributed by atoms with van der Waals surface area (Å²) in [4.78, 5) is 18.4. The molecule has 8 heteroatoms. The van der Waals surface area contributed by atoms with Gasteiger partial charge in [-0.15, -0.1) is 0 Å². The Morgan fingerprint density at radius 1 is 1.52 bits per heavy atom. The van der Waals surface area contributed by atoms with E-state index in [2.05, 4.69) is 16.4 Å². The van der Waals surface area contributed by atoms with Gasteiger partial charge < -0.3 is 19.4 Å². The second kappa shape index (κ2) is 9.52. The van der Waals surface area contributed by atoms with Gasteiger partial charge in [0.2, 0.25) is 11.8 Å². The molecule has 2 heterocycles. The minimum Gasteiger partial charge on any atom is -0.493 e. The molecule has 0 aliphatic carbocycles. The summed E-state index contributed by atoms with van der Waals surface area (Å²) in [7, 11) is 0. The van der Waals surface area contributed by atoms with Crippen molar-refractivity contribution in [2.45, 2.75) is 39.2 Å². The van der Waals surface area contributed by atoms with E-state index in [1.54, 1.807) is 11.0 Å². The van der Waals surface area contributed by atoms with Gasteiger partial charge in [0.1, 0.15) is 23.4 Å². The third-order valence-corrected chi connectivity index (χ3v) is 4.90. The van der Waals surface area contributed by atoms with Crippen molar-refractivity contribution < 1.29 is 18.3 Å². The lowest BCUT2D eigenvalue weighted by Gasteiger charge is -2.19. The maximum absolute atomic E-state index is 13.5. The van der Waals surface area contributed by atoms with Gasteiger partial charge in [0.15, 0.2) is 0 Å². The van der Waals surface area contributed by atoms with E-state index in [4.69, 9.17) is 14.4 Å². The van der Waals surface area contributed by atoms with E-state index in [9.17, 15) is 9.18 Å². The standard InChI is InChI=1S/C21H25FN4O3/c1-3-28-19-11-15(22)6-7-17(19)21-25-18(14(2)29-21)8-9-24-13-20(27)26-10-4-5-16(26)12-23/h6-7,11,16,24H,3-5,8-10,13H2,1-2H3/t16-/m0/s1. The van der Waals surface area contributed by atoms with Crippen LogP contribution in [-0.4, -0.2) is 48.1 Å². The molecule has 0 saturated carbocycles. The number of aryl methyl sites for hydroxylation is 1. The zero-order valence-electron chi connectivity index (χ0n) is 16.7. The van der Waals surface area contributed by atoms with E-state index >= 15 is 0 Å². The summed E-state index contributed by atoms with van der Waals surface area (Å²) in [5.74, 6) is 1.00. The number of ether oxygens (including phenoxy) is 1. The summed E-state index contributed by atoms with van der Waals surface area (Å²) in [5, 5.41) is 12.2. The molecule has 29 heavy (non-hydrogen) atoms. The van der Waals surface area contributed by atoms with Crippen LogP contribution in [0.4, 0.5) is 4.39 Å². The van der Waals surface area contributed by atoms with Crippen LogP contribution in [0, 0.1) is 24.1 Å². The molecule has 1 aromatic carbocycles. The van der Waals surface area contributed by atoms with Crippen LogP contribution in [-0.2, 0) is 11.2 Å². The maximum Gasteiger partial charge on any atom is 0.237 e. The monoisotopic (exact) mass is 400 g/mol. The number of oxazole rings is 1. The first-order valence-corrected chi connectivity index (χ1v) is 9.82. The highest BCUT2D eigenvalue weighted by molar-refractivity contribution is 5.79. The molecular weight excluding hydrogens is 375 g/mol. The Bertz CT molecular complexity index is 906. The molecule has 1 saturated heterocycles. The normalized spacial score (nSPS) is 16.1. The molecule has 3 rings (SSSR count). The number of hydrogen-bond donors (Lipinski definition) is 1. The first kappa shape index (κ1) is 20.8. The number of nitrogens with one attached hydrogen (secondary N) is 1. The summed E-state index contributed by atoms with van der Waals surface area (Å²) < 4.78 is 24.8. The van der Waals surface area contributed by atoms with Crippen molar-refractivity contribution in [3.63, 3.8) is 0 Å². The summed E-state index contributed by atoms with van der Waals surface area (Å²) in [6.45, 7) is 5.44.